The Balaban J connectivity index is 1.14. The maximum atomic E-state index is 6.43. The lowest BCUT2D eigenvalue weighted by molar-refractivity contribution is -0.330. The SMILES string of the molecule is C1=[N+](c2ccc(Oc3ccccc3)cc2)B(Oc2ccc(-c3ccccc3)cc2)OCC1c1ccc(Oc2ccccc2)cc1. The van der Waals surface area contributed by atoms with Gasteiger partial charge in [0, 0.05) is 12.1 Å². The zero-order valence-electron chi connectivity index (χ0n) is 24.6. The molecule has 218 valence electrons. The zero-order chi connectivity index (χ0) is 30.3. The molecule has 0 bridgehead atoms. The van der Waals surface area contributed by atoms with E-state index in [-0.39, 0.29) is 5.92 Å². The molecular formula is C39H31BNO4+. The van der Waals surface area contributed by atoms with Crippen molar-refractivity contribution in [3.05, 3.63) is 169 Å². The van der Waals surface area contributed by atoms with E-state index < -0.39 is 7.25 Å². The Bertz CT molecular complexity index is 1850. The van der Waals surface area contributed by atoms with E-state index in [1.807, 2.05) is 132 Å². The van der Waals surface area contributed by atoms with Gasteiger partial charge >= 0.3 is 7.25 Å². The van der Waals surface area contributed by atoms with Crippen molar-refractivity contribution in [1.82, 2.24) is 0 Å². The van der Waals surface area contributed by atoms with Crippen molar-refractivity contribution in [1.29, 1.82) is 0 Å². The second kappa shape index (κ2) is 13.4. The summed E-state index contributed by atoms with van der Waals surface area (Å²) in [6, 6.07) is 54.1. The minimum absolute atomic E-state index is 0.0105. The molecule has 0 fully saturated rings. The van der Waals surface area contributed by atoms with Crippen LogP contribution in [0, 0.1) is 0 Å². The van der Waals surface area contributed by atoms with Crippen LogP contribution >= 0.6 is 0 Å². The lowest BCUT2D eigenvalue weighted by atomic mass is 9.94. The molecule has 5 nitrogen and oxygen atoms in total. The van der Waals surface area contributed by atoms with Crippen molar-refractivity contribution in [2.75, 3.05) is 6.61 Å². The fourth-order valence-corrected chi connectivity index (χ4v) is 5.25. The molecule has 0 aliphatic carbocycles. The highest BCUT2D eigenvalue weighted by atomic mass is 16.6. The number of benzene rings is 6. The van der Waals surface area contributed by atoms with E-state index in [9.17, 15) is 0 Å². The molecule has 0 spiro atoms. The first-order valence-corrected chi connectivity index (χ1v) is 15.0. The fraction of sp³-hybridized carbons (Fsp3) is 0.0513. The molecule has 1 atom stereocenters. The summed E-state index contributed by atoms with van der Waals surface area (Å²) in [6.45, 7) is 0.470. The topological polar surface area (TPSA) is 39.9 Å². The molecule has 6 aromatic carbocycles. The minimum Gasteiger partial charge on any atom is -0.474 e. The van der Waals surface area contributed by atoms with Crippen LogP contribution in [0.5, 0.6) is 28.7 Å². The van der Waals surface area contributed by atoms with Gasteiger partial charge in [-0.3, -0.25) is 0 Å². The average molecular weight is 588 g/mol. The first kappa shape index (κ1) is 28.2. The summed E-state index contributed by atoms with van der Waals surface area (Å²) >= 11 is 0. The highest BCUT2D eigenvalue weighted by Gasteiger charge is 2.46. The molecule has 1 heterocycles. The Morgan fingerprint density at radius 2 is 0.956 bits per heavy atom. The molecule has 0 saturated heterocycles. The zero-order valence-corrected chi connectivity index (χ0v) is 24.6. The molecule has 45 heavy (non-hydrogen) atoms. The number of rotatable bonds is 9. The predicted molar refractivity (Wildman–Crippen MR) is 179 cm³/mol. The maximum absolute atomic E-state index is 6.43. The summed E-state index contributed by atoms with van der Waals surface area (Å²) in [6.07, 6.45) is 2.17. The van der Waals surface area contributed by atoms with Gasteiger partial charge in [-0.15, -0.1) is 0 Å². The molecule has 0 amide bonds. The maximum Gasteiger partial charge on any atom is 0.921 e. The third-order valence-electron chi connectivity index (χ3n) is 7.59. The van der Waals surface area contributed by atoms with Gasteiger partial charge in [-0.1, -0.05) is 91.0 Å². The quantitative estimate of drug-likeness (QED) is 0.158. The number of para-hydroxylation sites is 2. The van der Waals surface area contributed by atoms with Crippen molar-refractivity contribution in [3.63, 3.8) is 0 Å². The molecule has 0 radical (unpaired) electrons. The van der Waals surface area contributed by atoms with E-state index in [1.165, 1.54) is 0 Å². The van der Waals surface area contributed by atoms with E-state index in [0.29, 0.717) is 6.61 Å². The van der Waals surface area contributed by atoms with Crippen molar-refractivity contribution < 1.29 is 23.3 Å². The Labute approximate surface area is 263 Å². The van der Waals surface area contributed by atoms with Crippen LogP contribution in [0.3, 0.4) is 0 Å². The summed E-state index contributed by atoms with van der Waals surface area (Å²) in [5.41, 5.74) is 4.34. The van der Waals surface area contributed by atoms with E-state index in [1.54, 1.807) is 0 Å². The number of nitrogens with zero attached hydrogens (tertiary/aromatic N) is 1. The van der Waals surface area contributed by atoms with Crippen LogP contribution in [-0.4, -0.2) is 24.6 Å². The van der Waals surface area contributed by atoms with Gasteiger partial charge in [-0.25, -0.2) is 4.49 Å². The Morgan fingerprint density at radius 3 is 1.53 bits per heavy atom. The molecular weight excluding hydrogens is 557 g/mol. The normalized spacial score (nSPS) is 14.4. The van der Waals surface area contributed by atoms with Crippen LogP contribution < -0.4 is 14.1 Å². The summed E-state index contributed by atoms with van der Waals surface area (Å²) in [5, 5.41) is 0. The average Bonchev–Trinajstić information content (AvgIpc) is 3.11. The van der Waals surface area contributed by atoms with Gasteiger partial charge in [0.1, 0.15) is 35.0 Å². The van der Waals surface area contributed by atoms with Crippen LogP contribution in [-0.2, 0) is 4.65 Å². The second-order valence-electron chi connectivity index (χ2n) is 10.7. The van der Waals surface area contributed by atoms with Crippen molar-refractivity contribution in [2.45, 2.75) is 5.92 Å². The minimum atomic E-state index is -0.648. The second-order valence-corrected chi connectivity index (χ2v) is 10.7. The molecule has 6 heteroatoms. The van der Waals surface area contributed by atoms with E-state index in [4.69, 9.17) is 18.8 Å². The summed E-state index contributed by atoms with van der Waals surface area (Å²) in [7, 11) is -0.648. The van der Waals surface area contributed by atoms with Crippen LogP contribution in [0.4, 0.5) is 5.69 Å². The first-order valence-electron chi connectivity index (χ1n) is 15.0. The smallest absolute Gasteiger partial charge is 0.474 e. The number of hydrogen-bond donors (Lipinski definition) is 0. The Morgan fingerprint density at radius 1 is 0.489 bits per heavy atom. The third-order valence-corrected chi connectivity index (χ3v) is 7.59. The van der Waals surface area contributed by atoms with Gasteiger partial charge in [0.15, 0.2) is 5.69 Å². The Hall–Kier alpha value is -5.59. The van der Waals surface area contributed by atoms with E-state index in [0.717, 1.165) is 51.1 Å². The summed E-state index contributed by atoms with van der Waals surface area (Å²) in [4.78, 5) is 0. The summed E-state index contributed by atoms with van der Waals surface area (Å²) < 4.78 is 26.9. The molecule has 7 rings (SSSR count). The van der Waals surface area contributed by atoms with Crippen molar-refractivity contribution in [3.8, 4) is 39.9 Å². The van der Waals surface area contributed by atoms with Crippen LogP contribution in [0.1, 0.15) is 11.5 Å². The molecule has 1 unspecified atom stereocenters. The molecule has 1 aliphatic rings. The predicted octanol–water partition coefficient (Wildman–Crippen LogP) is 9.53. The lowest BCUT2D eigenvalue weighted by Gasteiger charge is -2.21. The van der Waals surface area contributed by atoms with Crippen molar-refractivity contribution in [2.24, 2.45) is 0 Å². The van der Waals surface area contributed by atoms with E-state index >= 15 is 0 Å². The fourth-order valence-electron chi connectivity index (χ4n) is 5.25. The van der Waals surface area contributed by atoms with Crippen LogP contribution in [0.15, 0.2) is 164 Å². The van der Waals surface area contributed by atoms with Gasteiger partial charge in [-0.2, -0.15) is 0 Å². The van der Waals surface area contributed by atoms with Crippen LogP contribution in [0.25, 0.3) is 11.1 Å². The van der Waals surface area contributed by atoms with Gasteiger partial charge in [0.2, 0.25) is 0 Å². The largest absolute Gasteiger partial charge is 0.921 e. The molecule has 0 aromatic heterocycles. The third kappa shape index (κ3) is 6.98. The molecule has 1 aliphatic heterocycles. The highest BCUT2D eigenvalue weighted by Crippen LogP contribution is 2.30. The van der Waals surface area contributed by atoms with Gasteiger partial charge in [0.25, 0.3) is 0 Å². The highest BCUT2D eigenvalue weighted by molar-refractivity contribution is 6.37. The van der Waals surface area contributed by atoms with E-state index in [2.05, 4.69) is 42.6 Å². The Kier molecular flexibility index (Phi) is 8.38. The lowest BCUT2D eigenvalue weighted by Crippen LogP contribution is -2.44. The van der Waals surface area contributed by atoms with Gasteiger partial charge in [-0.05, 0) is 77.4 Å². The van der Waals surface area contributed by atoms with Gasteiger partial charge in [0.05, 0.1) is 12.5 Å². The van der Waals surface area contributed by atoms with Gasteiger partial charge < -0.3 is 18.8 Å². The first-order chi connectivity index (χ1) is 22.3. The molecule has 6 aromatic rings. The number of ether oxygens (including phenoxy) is 2. The summed E-state index contributed by atoms with van der Waals surface area (Å²) in [5.74, 6) is 3.87. The molecule has 0 saturated carbocycles. The van der Waals surface area contributed by atoms with Crippen LogP contribution in [0.2, 0.25) is 0 Å². The monoisotopic (exact) mass is 588 g/mol. The molecule has 0 N–H and O–H groups in total. The van der Waals surface area contributed by atoms with Crippen molar-refractivity contribution >= 4 is 19.2 Å². The number of hydrogen-bond acceptors (Lipinski definition) is 4. The standard InChI is InChI=1S/C39H31BNO4/c1-4-10-30(11-5-1)31-18-24-39(25-19-31)45-40-41(34-20-26-38(27-21-34)44-36-14-8-3-9-15-36)28-33(29-42-40)32-16-22-37(23-17-32)43-35-12-6-2-7-13-35/h1-28,33H,29H2/q+1.